The highest BCUT2D eigenvalue weighted by Crippen LogP contribution is 2.45. The van der Waals surface area contributed by atoms with E-state index in [1.54, 1.807) is 5.32 Å². The number of hydrogen-bond donors (Lipinski definition) is 1. The van der Waals surface area contributed by atoms with E-state index in [1.165, 1.54) is 0 Å². The van der Waals surface area contributed by atoms with Gasteiger partial charge in [0.1, 0.15) is 5.69 Å². The number of nitrogens with zero attached hydrogens (tertiary/aromatic N) is 2. The molecular formula is C14H7F6N3O4. The second-order valence-corrected chi connectivity index (χ2v) is 5.07. The number of anilines is 2. The van der Waals surface area contributed by atoms with E-state index in [4.69, 9.17) is 0 Å². The van der Waals surface area contributed by atoms with Crippen LogP contribution in [0.5, 0.6) is 0 Å². The van der Waals surface area contributed by atoms with Crippen molar-refractivity contribution in [1.82, 2.24) is 0 Å². The topological polar surface area (TPSA) is 98.3 Å². The van der Waals surface area contributed by atoms with Crippen molar-refractivity contribution in [3.63, 3.8) is 0 Å². The zero-order valence-corrected chi connectivity index (χ0v) is 12.8. The first kappa shape index (κ1) is 19.9. The van der Waals surface area contributed by atoms with Crippen LogP contribution in [-0.4, -0.2) is 9.85 Å². The number of nitro benzene ring substituents is 2. The molecule has 0 fully saturated rings. The molecule has 0 amide bonds. The Morgan fingerprint density at radius 3 is 1.85 bits per heavy atom. The number of nitrogens with one attached hydrogen (secondary N) is 1. The van der Waals surface area contributed by atoms with Crippen molar-refractivity contribution in [2.24, 2.45) is 0 Å². The summed E-state index contributed by atoms with van der Waals surface area (Å²) >= 11 is 0. The van der Waals surface area contributed by atoms with Crippen molar-refractivity contribution in [3.8, 4) is 0 Å². The van der Waals surface area contributed by atoms with Crippen molar-refractivity contribution < 1.29 is 36.2 Å². The first-order valence-corrected chi connectivity index (χ1v) is 6.79. The van der Waals surface area contributed by atoms with Gasteiger partial charge in [0.05, 0.1) is 32.7 Å². The van der Waals surface area contributed by atoms with E-state index in [2.05, 4.69) is 0 Å². The lowest BCUT2D eigenvalue weighted by Gasteiger charge is -2.17. The molecule has 0 aromatic heterocycles. The van der Waals surface area contributed by atoms with Gasteiger partial charge in [0.15, 0.2) is 0 Å². The molecule has 2 aromatic rings. The number of hydrogen-bond acceptors (Lipinski definition) is 5. The smallest absolute Gasteiger partial charge is 0.349 e. The molecule has 0 radical (unpaired) electrons. The molecule has 27 heavy (non-hydrogen) atoms. The van der Waals surface area contributed by atoms with Gasteiger partial charge in [0.25, 0.3) is 11.4 Å². The maximum Gasteiger partial charge on any atom is 0.418 e. The summed E-state index contributed by atoms with van der Waals surface area (Å²) in [7, 11) is 0. The third-order valence-corrected chi connectivity index (χ3v) is 3.31. The van der Waals surface area contributed by atoms with E-state index in [0.29, 0.717) is 6.07 Å². The van der Waals surface area contributed by atoms with Gasteiger partial charge < -0.3 is 5.32 Å². The highest BCUT2D eigenvalue weighted by Gasteiger charge is 2.41. The van der Waals surface area contributed by atoms with E-state index in [-0.39, 0.29) is 12.1 Å². The summed E-state index contributed by atoms with van der Waals surface area (Å²) in [5.74, 6) is 0. The van der Waals surface area contributed by atoms with Gasteiger partial charge in [-0.1, -0.05) is 12.1 Å². The average molecular weight is 395 g/mol. The van der Waals surface area contributed by atoms with Crippen LogP contribution in [0.2, 0.25) is 0 Å². The number of non-ortho nitro benzene ring substituents is 1. The Hall–Kier alpha value is -3.38. The predicted molar refractivity (Wildman–Crippen MR) is 79.5 cm³/mol. The van der Waals surface area contributed by atoms with Crippen LogP contribution in [0.4, 0.5) is 49.1 Å². The van der Waals surface area contributed by atoms with Crippen LogP contribution in [-0.2, 0) is 12.4 Å². The zero-order valence-electron chi connectivity index (χ0n) is 12.8. The van der Waals surface area contributed by atoms with Gasteiger partial charge in [0, 0.05) is 6.07 Å². The van der Waals surface area contributed by atoms with Gasteiger partial charge in [-0.25, -0.2) is 0 Å². The maximum absolute atomic E-state index is 13.3. The van der Waals surface area contributed by atoms with Crippen molar-refractivity contribution in [2.45, 2.75) is 12.4 Å². The summed E-state index contributed by atoms with van der Waals surface area (Å²) in [6.45, 7) is 0. The van der Waals surface area contributed by atoms with Crippen LogP contribution in [0.25, 0.3) is 0 Å². The van der Waals surface area contributed by atoms with Crippen LogP contribution in [0.3, 0.4) is 0 Å². The quantitative estimate of drug-likeness (QED) is 0.431. The highest BCUT2D eigenvalue weighted by atomic mass is 19.4. The van der Waals surface area contributed by atoms with Crippen LogP contribution in [0.1, 0.15) is 11.1 Å². The number of rotatable bonds is 4. The molecule has 0 heterocycles. The molecule has 0 aliphatic rings. The summed E-state index contributed by atoms with van der Waals surface area (Å²) in [6.07, 6.45) is -10.3. The molecule has 0 atom stereocenters. The molecular weight excluding hydrogens is 388 g/mol. The summed E-state index contributed by atoms with van der Waals surface area (Å²) < 4.78 is 78.9. The van der Waals surface area contributed by atoms with Crippen molar-refractivity contribution in [2.75, 3.05) is 5.32 Å². The summed E-state index contributed by atoms with van der Waals surface area (Å²) in [4.78, 5) is 19.2. The minimum Gasteiger partial charge on any atom is -0.349 e. The fraction of sp³-hybridized carbons (Fsp3) is 0.143. The molecule has 0 spiro atoms. The average Bonchev–Trinajstić information content (AvgIpc) is 2.52. The molecule has 7 nitrogen and oxygen atoms in total. The number of halogens is 6. The molecule has 0 saturated carbocycles. The second kappa shape index (κ2) is 6.74. The SMILES string of the molecule is O=[N+]([O-])c1cc([N+](=O)[O-])c(Nc2ccccc2C(F)(F)F)c(C(F)(F)F)c1. The van der Waals surface area contributed by atoms with Crippen molar-refractivity contribution >= 4 is 22.7 Å². The molecule has 2 rings (SSSR count). The number of para-hydroxylation sites is 1. The molecule has 2 aromatic carbocycles. The molecule has 0 bridgehead atoms. The third kappa shape index (κ3) is 4.24. The monoisotopic (exact) mass is 395 g/mol. The first-order chi connectivity index (χ1) is 12.3. The summed E-state index contributed by atoms with van der Waals surface area (Å²) in [5, 5.41) is 23.6. The Labute approximate surface area is 145 Å². The molecule has 0 aliphatic carbocycles. The Balaban J connectivity index is 2.77. The van der Waals surface area contributed by atoms with Gasteiger partial charge >= 0.3 is 12.4 Å². The molecule has 144 valence electrons. The number of alkyl halides is 6. The lowest BCUT2D eigenvalue weighted by molar-refractivity contribution is -0.394. The fourth-order valence-corrected chi connectivity index (χ4v) is 2.19. The molecule has 13 heteroatoms. The van der Waals surface area contributed by atoms with E-state index in [0.717, 1.165) is 18.2 Å². The summed E-state index contributed by atoms with van der Waals surface area (Å²) in [5.41, 5.74) is -8.06. The minimum absolute atomic E-state index is 0.00549. The Kier molecular flexibility index (Phi) is 4.97. The fourth-order valence-electron chi connectivity index (χ4n) is 2.19. The molecule has 0 aliphatic heterocycles. The van der Waals surface area contributed by atoms with Crippen LogP contribution in [0.15, 0.2) is 36.4 Å². The molecule has 1 N–H and O–H groups in total. The van der Waals surface area contributed by atoms with E-state index < -0.39 is 56.1 Å². The van der Waals surface area contributed by atoms with Gasteiger partial charge in [-0.15, -0.1) is 0 Å². The normalized spacial score (nSPS) is 11.9. The van der Waals surface area contributed by atoms with Gasteiger partial charge in [0.2, 0.25) is 0 Å². The standard InChI is InChI=1S/C14H7F6N3O4/c15-13(16,17)8-3-1-2-4-10(8)21-12-9(14(18,19)20)5-7(22(24)25)6-11(12)23(26)27/h1-6,21H. The van der Waals surface area contributed by atoms with E-state index in [9.17, 15) is 46.6 Å². The number of nitro groups is 2. The van der Waals surface area contributed by atoms with Gasteiger partial charge in [-0.3, -0.25) is 20.2 Å². The lowest BCUT2D eigenvalue weighted by atomic mass is 10.1. The summed E-state index contributed by atoms with van der Waals surface area (Å²) in [6, 6.07) is 3.62. The van der Waals surface area contributed by atoms with Crippen LogP contribution < -0.4 is 5.32 Å². The number of benzene rings is 2. The van der Waals surface area contributed by atoms with Crippen molar-refractivity contribution in [1.29, 1.82) is 0 Å². The van der Waals surface area contributed by atoms with Gasteiger partial charge in [-0.05, 0) is 12.1 Å². The second-order valence-electron chi connectivity index (χ2n) is 5.07. The lowest BCUT2D eigenvalue weighted by Crippen LogP contribution is -2.14. The van der Waals surface area contributed by atoms with E-state index >= 15 is 0 Å². The first-order valence-electron chi connectivity index (χ1n) is 6.79. The Morgan fingerprint density at radius 2 is 1.37 bits per heavy atom. The van der Waals surface area contributed by atoms with E-state index in [1.807, 2.05) is 0 Å². The minimum atomic E-state index is -5.31. The zero-order chi connectivity index (χ0) is 20.6. The Morgan fingerprint density at radius 1 is 0.815 bits per heavy atom. The molecule has 0 saturated heterocycles. The van der Waals surface area contributed by atoms with Crippen LogP contribution >= 0.6 is 0 Å². The maximum atomic E-state index is 13.3. The predicted octanol–water partition coefficient (Wildman–Crippen LogP) is 5.28. The highest BCUT2D eigenvalue weighted by molar-refractivity contribution is 5.77. The molecule has 0 unspecified atom stereocenters. The van der Waals surface area contributed by atoms with Gasteiger partial charge in [-0.2, -0.15) is 26.3 Å². The largest absolute Gasteiger partial charge is 0.418 e. The third-order valence-electron chi connectivity index (χ3n) is 3.31. The Bertz CT molecular complexity index is 911. The van der Waals surface area contributed by atoms with Crippen molar-refractivity contribution in [3.05, 3.63) is 67.8 Å². The van der Waals surface area contributed by atoms with Crippen LogP contribution in [0, 0.1) is 20.2 Å².